The van der Waals surface area contributed by atoms with Crippen molar-refractivity contribution in [2.45, 2.75) is 55.2 Å². The topological polar surface area (TPSA) is 224 Å². The smallest absolute Gasteiger partial charge is 0.547 e. The van der Waals surface area contributed by atoms with Gasteiger partial charge in [0.1, 0.15) is 42.7 Å². The quantitative estimate of drug-likeness (QED) is 0.225. The van der Waals surface area contributed by atoms with E-state index in [9.17, 15) is 49.4 Å². The van der Waals surface area contributed by atoms with Crippen LogP contribution in [0.1, 0.15) is 6.23 Å². The molecule has 0 aromatic carbocycles. The van der Waals surface area contributed by atoms with Crippen LogP contribution in [0.4, 0.5) is 4.39 Å². The van der Waals surface area contributed by atoms with Crippen LogP contribution >= 0.6 is 0 Å². The number of aromatic amines is 1. The van der Waals surface area contributed by atoms with Crippen molar-refractivity contribution in [1.82, 2.24) is 9.55 Å². The van der Waals surface area contributed by atoms with Crippen molar-refractivity contribution in [3.8, 4) is 0 Å². The first-order valence-corrected chi connectivity index (χ1v) is 8.57. The van der Waals surface area contributed by atoms with Crippen LogP contribution in [0.15, 0.2) is 15.8 Å². The van der Waals surface area contributed by atoms with Gasteiger partial charge in [-0.3, -0.25) is 14.3 Å². The predicted molar refractivity (Wildman–Crippen MR) is 84.8 cm³/mol. The molecule has 1 aromatic rings. The maximum atomic E-state index is 13.5. The molecular formula is C15H18FN2NaO12. The van der Waals surface area contributed by atoms with Gasteiger partial charge in [-0.1, -0.05) is 0 Å². The van der Waals surface area contributed by atoms with Crippen LogP contribution in [0.25, 0.3) is 0 Å². The van der Waals surface area contributed by atoms with Crippen molar-refractivity contribution < 1.29 is 83.6 Å². The number of rotatable bonds is 5. The fourth-order valence-electron chi connectivity index (χ4n) is 3.12. The summed E-state index contributed by atoms with van der Waals surface area (Å²) in [5.41, 5.74) is -2.42. The third-order valence-electron chi connectivity index (χ3n) is 4.76. The van der Waals surface area contributed by atoms with Crippen LogP contribution in [-0.2, 0) is 19.0 Å². The minimum Gasteiger partial charge on any atom is -0.547 e. The molecule has 0 saturated carbocycles. The largest absolute Gasteiger partial charge is 1.00 e. The van der Waals surface area contributed by atoms with E-state index in [1.165, 1.54) is 0 Å². The van der Waals surface area contributed by atoms with Gasteiger partial charge in [0.2, 0.25) is 5.82 Å². The number of carboxylic acids is 1. The second kappa shape index (κ2) is 10.1. The minimum absolute atomic E-state index is 0. The van der Waals surface area contributed by atoms with E-state index in [0.717, 1.165) is 0 Å². The Kier molecular flexibility index (Phi) is 8.51. The molecule has 0 aliphatic carbocycles. The Morgan fingerprint density at radius 3 is 2.35 bits per heavy atom. The van der Waals surface area contributed by atoms with Crippen LogP contribution in [0.3, 0.4) is 0 Å². The number of carbonyl (C=O) groups excluding carboxylic acids is 1. The first-order chi connectivity index (χ1) is 14.0. The number of aliphatic hydroxyl groups excluding tert-OH is 5. The predicted octanol–water partition coefficient (Wildman–Crippen LogP) is -9.13. The van der Waals surface area contributed by atoms with Gasteiger partial charge in [0.05, 0.1) is 18.8 Å². The molecule has 9 atom stereocenters. The number of nitrogens with one attached hydrogen (secondary N) is 1. The number of aliphatic hydroxyl groups is 5. The second-order valence-corrected chi connectivity index (χ2v) is 6.74. The number of ether oxygens (including phenoxy) is 3. The van der Waals surface area contributed by atoms with Gasteiger partial charge in [0.15, 0.2) is 12.5 Å². The van der Waals surface area contributed by atoms with Gasteiger partial charge in [0, 0.05) is 0 Å². The summed E-state index contributed by atoms with van der Waals surface area (Å²) in [7, 11) is 0. The molecule has 3 rings (SSSR count). The molecule has 1 aromatic heterocycles. The number of hydrogen-bond donors (Lipinski definition) is 6. The van der Waals surface area contributed by atoms with E-state index in [-0.39, 0.29) is 29.6 Å². The van der Waals surface area contributed by atoms with Crippen LogP contribution < -0.4 is 45.9 Å². The molecule has 168 valence electrons. The van der Waals surface area contributed by atoms with E-state index in [0.29, 0.717) is 10.8 Å². The zero-order chi connectivity index (χ0) is 22.3. The molecule has 31 heavy (non-hydrogen) atoms. The summed E-state index contributed by atoms with van der Waals surface area (Å²) in [4.78, 5) is 35.6. The molecule has 6 N–H and O–H groups in total. The molecule has 2 aliphatic rings. The molecule has 14 nitrogen and oxygen atoms in total. The molecule has 0 amide bonds. The first kappa shape index (κ1) is 26.0. The Morgan fingerprint density at radius 2 is 1.74 bits per heavy atom. The molecule has 2 fully saturated rings. The van der Waals surface area contributed by atoms with E-state index in [2.05, 4.69) is 0 Å². The van der Waals surface area contributed by atoms with Crippen LogP contribution in [-0.4, -0.2) is 96.7 Å². The molecule has 0 radical (unpaired) electrons. The van der Waals surface area contributed by atoms with Crippen molar-refractivity contribution >= 4 is 5.97 Å². The van der Waals surface area contributed by atoms with Gasteiger partial charge in [-0.2, -0.15) is 4.39 Å². The fourth-order valence-corrected chi connectivity index (χ4v) is 3.12. The summed E-state index contributed by atoms with van der Waals surface area (Å²) in [6, 6.07) is 0. The summed E-state index contributed by atoms with van der Waals surface area (Å²) in [5.74, 6) is -3.23. The van der Waals surface area contributed by atoms with Gasteiger partial charge in [-0.05, 0) is 0 Å². The van der Waals surface area contributed by atoms with Crippen LogP contribution in [0, 0.1) is 5.82 Å². The maximum absolute atomic E-state index is 13.5. The molecule has 16 heteroatoms. The Bertz CT molecular complexity index is 911. The van der Waals surface area contributed by atoms with Crippen molar-refractivity contribution in [3.63, 3.8) is 0 Å². The van der Waals surface area contributed by atoms with Gasteiger partial charge in [0.25, 0.3) is 5.56 Å². The van der Waals surface area contributed by atoms with E-state index in [1.54, 1.807) is 4.98 Å². The SMILES string of the molecule is O=C([O-])C1OC(OC[C@H]2OC(n3cc(F)c(=O)[nH]c3=O)[C@H](O)[C@@H]2O)[C@H](O)[C@@H](O)[C@@H]1O.[Na+]. The summed E-state index contributed by atoms with van der Waals surface area (Å²) in [6.07, 6.45) is -15.6. The van der Waals surface area contributed by atoms with E-state index < -0.39 is 84.9 Å². The molecule has 0 bridgehead atoms. The average Bonchev–Trinajstić information content (AvgIpc) is 2.96. The van der Waals surface area contributed by atoms with E-state index >= 15 is 0 Å². The first-order valence-electron chi connectivity index (χ1n) is 8.57. The number of aliphatic carboxylic acids is 1. The van der Waals surface area contributed by atoms with Gasteiger partial charge in [-0.15, -0.1) is 0 Å². The van der Waals surface area contributed by atoms with E-state index in [4.69, 9.17) is 14.2 Å². The minimum atomic E-state index is -2.02. The molecule has 0 spiro atoms. The van der Waals surface area contributed by atoms with Crippen LogP contribution in [0.2, 0.25) is 0 Å². The Hall–Kier alpha value is -1.24. The number of halogens is 1. The standard InChI is InChI=1S/C15H19FN2O12.Na/c16-3-1-18(15(27)17-11(3)24)12-8(22)5(19)4(29-12)2-28-14-9(23)6(20)7(21)10(30-14)13(25)26;/h1,4-10,12,14,19-23H,2H2,(H,25,26)(H,17,24,27);/q;+1/p-1/t4-,5-,6+,7+,8-,9-,10?,12?,14?;/m1./s1. The zero-order valence-corrected chi connectivity index (χ0v) is 17.9. The fraction of sp³-hybridized carbons (Fsp3) is 0.667. The Balaban J connectivity index is 0.00000341. The van der Waals surface area contributed by atoms with Gasteiger partial charge >= 0.3 is 35.2 Å². The summed E-state index contributed by atoms with van der Waals surface area (Å²) in [6.45, 7) is -0.653. The summed E-state index contributed by atoms with van der Waals surface area (Å²) >= 11 is 0. The number of hydrogen-bond acceptors (Lipinski definition) is 12. The van der Waals surface area contributed by atoms with E-state index in [1.807, 2.05) is 0 Å². The summed E-state index contributed by atoms with van der Waals surface area (Å²) in [5, 5.41) is 60.4. The van der Waals surface area contributed by atoms with Gasteiger partial charge < -0.3 is 49.6 Å². The third kappa shape index (κ3) is 5.07. The molecule has 2 aliphatic heterocycles. The normalized spacial score (nSPS) is 37.9. The number of carbonyl (C=O) groups is 1. The number of H-pyrrole nitrogens is 1. The second-order valence-electron chi connectivity index (χ2n) is 6.74. The maximum Gasteiger partial charge on any atom is 1.00 e. The van der Waals surface area contributed by atoms with Crippen molar-refractivity contribution in [2.24, 2.45) is 0 Å². The average molecular weight is 460 g/mol. The van der Waals surface area contributed by atoms with Gasteiger partial charge in [-0.25, -0.2) is 4.79 Å². The number of carboxylic acid groups (broad SMARTS) is 1. The monoisotopic (exact) mass is 460 g/mol. The zero-order valence-electron chi connectivity index (χ0n) is 15.9. The number of nitrogens with zero attached hydrogens (tertiary/aromatic N) is 1. The van der Waals surface area contributed by atoms with Crippen molar-refractivity contribution in [2.75, 3.05) is 6.61 Å². The van der Waals surface area contributed by atoms with Crippen molar-refractivity contribution in [3.05, 3.63) is 32.9 Å². The molecule has 3 heterocycles. The number of aromatic nitrogens is 2. The summed E-state index contributed by atoms with van der Waals surface area (Å²) < 4.78 is 29.2. The van der Waals surface area contributed by atoms with Crippen molar-refractivity contribution in [1.29, 1.82) is 0 Å². The molecular weight excluding hydrogens is 442 g/mol. The third-order valence-corrected chi connectivity index (χ3v) is 4.76. The molecule has 3 unspecified atom stereocenters. The Morgan fingerprint density at radius 1 is 1.10 bits per heavy atom. The Labute approximate surface area is 193 Å². The van der Waals surface area contributed by atoms with Crippen LogP contribution in [0.5, 0.6) is 0 Å². The molecule has 2 saturated heterocycles.